The summed E-state index contributed by atoms with van der Waals surface area (Å²) in [5, 5.41) is 0. The number of esters is 2. The highest BCUT2D eigenvalue weighted by molar-refractivity contribution is 8.03. The topological polar surface area (TPSA) is 69.7 Å². The number of thioether (sulfide) groups is 1. The minimum atomic E-state index is -0.419. The number of allylic oxidation sites excluding steroid dienone is 5. The predicted molar refractivity (Wildman–Crippen MR) is 99.0 cm³/mol. The molecule has 6 heteroatoms. The van der Waals surface area contributed by atoms with E-state index in [4.69, 9.17) is 9.47 Å². The molecule has 0 aliphatic heterocycles. The summed E-state index contributed by atoms with van der Waals surface area (Å²) in [6.45, 7) is 6.98. The predicted octanol–water partition coefficient (Wildman–Crippen LogP) is 3.60. The molecule has 0 fully saturated rings. The average Bonchev–Trinajstić information content (AvgIpc) is 2.73. The molecule has 1 rings (SSSR count). The third-order valence-electron chi connectivity index (χ3n) is 3.72. The molecule has 25 heavy (non-hydrogen) atoms. The zero-order valence-corrected chi connectivity index (χ0v) is 16.3. The molecule has 1 aliphatic rings. The first-order valence-corrected chi connectivity index (χ1v) is 9.41. The van der Waals surface area contributed by atoms with Crippen molar-refractivity contribution < 1.29 is 23.9 Å². The number of Topliss-reactive ketones (excluding diaryl/α,β-unsaturated/α-hetero) is 1. The quantitative estimate of drug-likeness (QED) is 0.371. The van der Waals surface area contributed by atoms with Crippen LogP contribution in [-0.4, -0.2) is 36.7 Å². The van der Waals surface area contributed by atoms with E-state index >= 15 is 0 Å². The summed E-state index contributed by atoms with van der Waals surface area (Å²) < 4.78 is 10.1. The molecule has 0 aromatic rings. The Morgan fingerprint density at radius 2 is 1.96 bits per heavy atom. The SMILES string of the molecule is CSC1=CC(C)(C)C(=CC=CC(CCCOC(C)=O)OC(C)=O)C1=O. The van der Waals surface area contributed by atoms with Crippen LogP contribution in [0, 0.1) is 5.41 Å². The highest BCUT2D eigenvalue weighted by Crippen LogP contribution is 2.41. The summed E-state index contributed by atoms with van der Waals surface area (Å²) >= 11 is 1.45. The molecule has 0 saturated heterocycles. The van der Waals surface area contributed by atoms with E-state index in [1.165, 1.54) is 25.6 Å². The molecule has 5 nitrogen and oxygen atoms in total. The highest BCUT2D eigenvalue weighted by atomic mass is 32.2. The van der Waals surface area contributed by atoms with E-state index in [2.05, 4.69) is 0 Å². The molecule has 1 atom stereocenters. The lowest BCUT2D eigenvalue weighted by molar-refractivity contribution is -0.146. The van der Waals surface area contributed by atoms with Gasteiger partial charge in [0.15, 0.2) is 5.78 Å². The van der Waals surface area contributed by atoms with Gasteiger partial charge in [-0.15, -0.1) is 11.8 Å². The molecule has 0 aromatic carbocycles. The molecule has 0 N–H and O–H groups in total. The summed E-state index contributed by atoms with van der Waals surface area (Å²) in [5.74, 6) is -0.664. The normalized spacial score (nSPS) is 19.2. The Hall–Kier alpha value is -1.82. The minimum absolute atomic E-state index is 0.0426. The number of hydrogen-bond acceptors (Lipinski definition) is 6. The van der Waals surface area contributed by atoms with Crippen LogP contribution >= 0.6 is 11.8 Å². The van der Waals surface area contributed by atoms with Gasteiger partial charge in [0.1, 0.15) is 6.10 Å². The standard InChI is InChI=1S/C19H26O5S/c1-13(20)23-11-7-9-15(24-14(2)21)8-6-10-16-18(22)17(25-5)12-19(16,3)4/h6,8,10,12,15H,7,9,11H2,1-5H3. The third-order valence-corrected chi connectivity index (χ3v) is 4.46. The van der Waals surface area contributed by atoms with Crippen LogP contribution in [0.3, 0.4) is 0 Å². The van der Waals surface area contributed by atoms with Gasteiger partial charge in [0.05, 0.1) is 11.5 Å². The van der Waals surface area contributed by atoms with E-state index < -0.39 is 6.10 Å². The van der Waals surface area contributed by atoms with Gasteiger partial charge in [-0.1, -0.05) is 32.1 Å². The van der Waals surface area contributed by atoms with E-state index in [1.54, 1.807) is 18.2 Å². The van der Waals surface area contributed by atoms with Crippen molar-refractivity contribution in [2.45, 2.75) is 46.6 Å². The van der Waals surface area contributed by atoms with E-state index in [1.807, 2.05) is 26.2 Å². The van der Waals surface area contributed by atoms with Crippen LogP contribution in [-0.2, 0) is 23.9 Å². The van der Waals surface area contributed by atoms with Gasteiger partial charge in [0.2, 0.25) is 0 Å². The number of rotatable bonds is 8. The maximum Gasteiger partial charge on any atom is 0.303 e. The fourth-order valence-corrected chi connectivity index (χ4v) is 3.23. The van der Waals surface area contributed by atoms with Gasteiger partial charge in [-0.2, -0.15) is 0 Å². The van der Waals surface area contributed by atoms with E-state index in [0.717, 1.165) is 10.5 Å². The Balaban J connectivity index is 2.74. The lowest BCUT2D eigenvalue weighted by Gasteiger charge is -2.16. The van der Waals surface area contributed by atoms with Crippen LogP contribution in [0.2, 0.25) is 0 Å². The number of hydrogen-bond donors (Lipinski definition) is 0. The maximum atomic E-state index is 12.4. The number of carbonyl (C=O) groups is 3. The second-order valence-corrected chi connectivity index (χ2v) is 7.21. The van der Waals surface area contributed by atoms with Crippen molar-refractivity contribution in [1.29, 1.82) is 0 Å². The largest absolute Gasteiger partial charge is 0.466 e. The van der Waals surface area contributed by atoms with Gasteiger partial charge in [-0.25, -0.2) is 0 Å². The number of carbonyl (C=O) groups excluding carboxylic acids is 3. The molecule has 0 bridgehead atoms. The van der Waals surface area contributed by atoms with E-state index in [-0.39, 0.29) is 29.7 Å². The van der Waals surface area contributed by atoms with Crippen molar-refractivity contribution in [2.24, 2.45) is 5.41 Å². The fourth-order valence-electron chi connectivity index (χ4n) is 2.52. The van der Waals surface area contributed by atoms with Gasteiger partial charge in [-0.05, 0) is 25.2 Å². The van der Waals surface area contributed by atoms with Crippen molar-refractivity contribution in [3.8, 4) is 0 Å². The smallest absolute Gasteiger partial charge is 0.303 e. The van der Waals surface area contributed by atoms with Crippen molar-refractivity contribution >= 4 is 29.5 Å². The molecular formula is C19H26O5S. The lowest BCUT2D eigenvalue weighted by atomic mass is 9.87. The van der Waals surface area contributed by atoms with Crippen LogP contribution in [0.4, 0.5) is 0 Å². The van der Waals surface area contributed by atoms with Crippen molar-refractivity contribution in [3.05, 3.63) is 34.8 Å². The first kappa shape index (κ1) is 21.2. The van der Waals surface area contributed by atoms with E-state index in [9.17, 15) is 14.4 Å². The van der Waals surface area contributed by atoms with Gasteiger partial charge in [0.25, 0.3) is 0 Å². The van der Waals surface area contributed by atoms with Crippen LogP contribution in [0.15, 0.2) is 34.8 Å². The summed E-state index contributed by atoms with van der Waals surface area (Å²) in [6.07, 6.45) is 9.86. The summed E-state index contributed by atoms with van der Waals surface area (Å²) in [5.41, 5.74) is 0.404. The zero-order chi connectivity index (χ0) is 19.0. The average molecular weight is 366 g/mol. The molecule has 0 saturated carbocycles. The molecular weight excluding hydrogens is 340 g/mol. The minimum Gasteiger partial charge on any atom is -0.466 e. The highest BCUT2D eigenvalue weighted by Gasteiger charge is 2.35. The Labute approximate surface area is 153 Å². The Kier molecular flexibility index (Phi) is 8.16. The zero-order valence-electron chi connectivity index (χ0n) is 15.5. The molecule has 0 amide bonds. The van der Waals surface area contributed by atoms with Crippen LogP contribution in [0.1, 0.15) is 40.5 Å². The van der Waals surface area contributed by atoms with Crippen LogP contribution in [0.5, 0.6) is 0 Å². The molecule has 138 valence electrons. The second-order valence-electron chi connectivity index (χ2n) is 6.36. The molecule has 1 unspecified atom stereocenters. The van der Waals surface area contributed by atoms with Crippen LogP contribution < -0.4 is 0 Å². The Morgan fingerprint density at radius 3 is 2.48 bits per heavy atom. The fraction of sp³-hybridized carbons (Fsp3) is 0.526. The second kappa shape index (κ2) is 9.61. The number of ketones is 1. The summed E-state index contributed by atoms with van der Waals surface area (Å²) in [6, 6.07) is 0. The van der Waals surface area contributed by atoms with Gasteiger partial charge >= 0.3 is 11.9 Å². The van der Waals surface area contributed by atoms with Crippen molar-refractivity contribution in [3.63, 3.8) is 0 Å². The van der Waals surface area contributed by atoms with Gasteiger partial charge in [-0.3, -0.25) is 14.4 Å². The molecule has 0 radical (unpaired) electrons. The summed E-state index contributed by atoms with van der Waals surface area (Å²) in [4.78, 5) is 35.1. The maximum absolute atomic E-state index is 12.4. The Morgan fingerprint density at radius 1 is 1.28 bits per heavy atom. The summed E-state index contributed by atoms with van der Waals surface area (Å²) in [7, 11) is 0. The monoisotopic (exact) mass is 366 g/mol. The Bertz CT molecular complexity index is 613. The molecule has 0 heterocycles. The van der Waals surface area contributed by atoms with Crippen LogP contribution in [0.25, 0.3) is 0 Å². The first-order chi connectivity index (χ1) is 11.7. The molecule has 0 spiro atoms. The van der Waals surface area contributed by atoms with Crippen molar-refractivity contribution in [2.75, 3.05) is 12.9 Å². The van der Waals surface area contributed by atoms with E-state index in [0.29, 0.717) is 12.8 Å². The number of ether oxygens (including phenoxy) is 2. The molecule has 0 aromatic heterocycles. The van der Waals surface area contributed by atoms with Crippen molar-refractivity contribution in [1.82, 2.24) is 0 Å². The van der Waals surface area contributed by atoms with Gasteiger partial charge in [0, 0.05) is 24.8 Å². The van der Waals surface area contributed by atoms with Gasteiger partial charge < -0.3 is 9.47 Å². The lowest BCUT2D eigenvalue weighted by Crippen LogP contribution is -2.15. The third kappa shape index (κ3) is 6.90. The first-order valence-electron chi connectivity index (χ1n) is 8.18. The molecule has 1 aliphatic carbocycles.